The fourth-order valence-electron chi connectivity index (χ4n) is 1.24. The van der Waals surface area contributed by atoms with Gasteiger partial charge in [0.25, 0.3) is 0 Å². The van der Waals surface area contributed by atoms with Gasteiger partial charge in [0, 0.05) is 24.7 Å². The Balaban J connectivity index is 4.03. The highest BCUT2D eigenvalue weighted by Gasteiger charge is 2.14. The highest BCUT2D eigenvalue weighted by atomic mass is 16.6. The highest BCUT2D eigenvalue weighted by molar-refractivity contribution is 6.02. The molecule has 0 heterocycles. The van der Waals surface area contributed by atoms with Crippen LogP contribution in [0.2, 0.25) is 0 Å². The second-order valence-electron chi connectivity index (χ2n) is 5.36. The average molecular weight is 306 g/mol. The van der Waals surface area contributed by atoms with E-state index in [0.717, 1.165) is 0 Å². The summed E-state index contributed by atoms with van der Waals surface area (Å²) in [6.45, 7) is 5.08. The third-order valence-electron chi connectivity index (χ3n) is 2.07. The van der Waals surface area contributed by atoms with Crippen LogP contribution >= 0.6 is 0 Å². The number of ketones is 2. The van der Waals surface area contributed by atoms with Gasteiger partial charge < -0.3 is 9.84 Å². The number of Topliss-reactive ketones (excluding diaryl/α,β-unsaturated/α-hetero) is 2. The first-order chi connectivity index (χ1) is 10.1. The van der Waals surface area contributed by atoms with Crippen molar-refractivity contribution in [3.8, 4) is 23.7 Å². The molecule has 1 N–H and O–H groups in total. The Morgan fingerprint density at radius 3 is 1.73 bits per heavy atom. The Hall–Kier alpha value is -2.60. The topological polar surface area (TPSA) is 97.7 Å². The number of rotatable bonds is 5. The van der Waals surface area contributed by atoms with Gasteiger partial charge in [0.1, 0.15) is 5.60 Å². The van der Waals surface area contributed by atoms with Crippen molar-refractivity contribution in [3.05, 3.63) is 0 Å². The van der Waals surface area contributed by atoms with Crippen LogP contribution in [0.4, 0.5) is 0 Å². The zero-order chi connectivity index (χ0) is 17.2. The van der Waals surface area contributed by atoms with Crippen LogP contribution in [0.15, 0.2) is 0 Å². The molecule has 0 atom stereocenters. The number of esters is 1. The number of unbranched alkanes of at least 4 members (excludes halogenated alkanes) is 1. The van der Waals surface area contributed by atoms with E-state index in [-0.39, 0.29) is 12.8 Å². The van der Waals surface area contributed by atoms with E-state index < -0.39 is 29.1 Å². The van der Waals surface area contributed by atoms with Crippen molar-refractivity contribution in [2.75, 3.05) is 0 Å². The molecule has 0 aromatic heterocycles. The number of hydrogen-bond donors (Lipinski definition) is 1. The standard InChI is InChI=1S/C16H18O6/c1-16(2,3)22-15(21)11-9-13(18)7-5-4-6-12(17)8-10-14(19)20/h4-7H2,1-3H3,(H,19,20). The minimum Gasteiger partial charge on any atom is -0.472 e. The SMILES string of the molecule is CC(C)(C)OC(=O)C#CC(=O)CCCCC(=O)C#CC(=O)O. The predicted molar refractivity (Wildman–Crippen MR) is 77.5 cm³/mol. The number of carboxylic acids is 1. The Kier molecular flexibility index (Phi) is 8.25. The summed E-state index contributed by atoms with van der Waals surface area (Å²) in [5.41, 5.74) is -0.661. The zero-order valence-electron chi connectivity index (χ0n) is 12.8. The van der Waals surface area contributed by atoms with Gasteiger partial charge in [0.2, 0.25) is 11.6 Å². The molecule has 0 amide bonds. The van der Waals surface area contributed by atoms with Crippen LogP contribution < -0.4 is 0 Å². The van der Waals surface area contributed by atoms with E-state index in [0.29, 0.717) is 12.8 Å². The van der Waals surface area contributed by atoms with Crippen molar-refractivity contribution in [3.63, 3.8) is 0 Å². The van der Waals surface area contributed by atoms with Gasteiger partial charge in [-0.2, -0.15) is 0 Å². The monoisotopic (exact) mass is 306 g/mol. The molecular weight excluding hydrogens is 288 g/mol. The first-order valence-corrected chi connectivity index (χ1v) is 6.66. The van der Waals surface area contributed by atoms with Gasteiger partial charge in [-0.1, -0.05) is 0 Å². The fraction of sp³-hybridized carbons (Fsp3) is 0.500. The molecule has 0 saturated carbocycles. The lowest BCUT2D eigenvalue weighted by atomic mass is 10.1. The number of ether oxygens (including phenoxy) is 1. The Morgan fingerprint density at radius 2 is 1.32 bits per heavy atom. The normalized spacial score (nSPS) is 9.59. The van der Waals surface area contributed by atoms with Crippen LogP contribution in [0.3, 0.4) is 0 Å². The molecular formula is C16H18O6. The molecule has 0 bridgehead atoms. The van der Waals surface area contributed by atoms with Crippen molar-refractivity contribution in [1.29, 1.82) is 0 Å². The van der Waals surface area contributed by atoms with Crippen LogP contribution in [-0.2, 0) is 23.9 Å². The van der Waals surface area contributed by atoms with Gasteiger partial charge >= 0.3 is 11.9 Å². The second-order valence-corrected chi connectivity index (χ2v) is 5.36. The molecule has 0 unspecified atom stereocenters. The third-order valence-corrected chi connectivity index (χ3v) is 2.07. The van der Waals surface area contributed by atoms with Crippen molar-refractivity contribution >= 4 is 23.5 Å². The maximum absolute atomic E-state index is 11.4. The molecule has 0 saturated heterocycles. The number of hydrogen-bond acceptors (Lipinski definition) is 5. The van der Waals surface area contributed by atoms with Crippen LogP contribution in [0.25, 0.3) is 0 Å². The predicted octanol–water partition coefficient (Wildman–Crippen LogP) is 1.12. The van der Waals surface area contributed by atoms with Gasteiger partial charge in [0.15, 0.2) is 0 Å². The minimum absolute atomic E-state index is 0.0764. The quantitative estimate of drug-likeness (QED) is 0.269. The van der Waals surface area contributed by atoms with E-state index in [1.807, 2.05) is 5.92 Å². The number of carbonyl (C=O) groups excluding carboxylic acids is 3. The summed E-state index contributed by atoms with van der Waals surface area (Å²) in [5.74, 6) is 4.94. The fourth-order valence-corrected chi connectivity index (χ4v) is 1.24. The summed E-state index contributed by atoms with van der Waals surface area (Å²) in [4.78, 5) is 43.9. The number of carbonyl (C=O) groups is 4. The molecule has 0 rings (SSSR count). The summed E-state index contributed by atoms with van der Waals surface area (Å²) in [5, 5.41) is 8.26. The van der Waals surface area contributed by atoms with E-state index in [4.69, 9.17) is 9.84 Å². The van der Waals surface area contributed by atoms with E-state index in [9.17, 15) is 19.2 Å². The van der Waals surface area contributed by atoms with E-state index in [1.165, 1.54) is 0 Å². The Labute approximate surface area is 129 Å². The molecule has 6 heteroatoms. The smallest absolute Gasteiger partial charge is 0.385 e. The Bertz CT molecular complexity index is 572. The summed E-state index contributed by atoms with van der Waals surface area (Å²) in [6, 6.07) is 0. The van der Waals surface area contributed by atoms with Gasteiger partial charge in [-0.15, -0.1) is 0 Å². The van der Waals surface area contributed by atoms with Crippen LogP contribution in [0.1, 0.15) is 46.5 Å². The lowest BCUT2D eigenvalue weighted by Gasteiger charge is -2.16. The number of carboxylic acid groups (broad SMARTS) is 1. The molecule has 6 nitrogen and oxygen atoms in total. The first kappa shape index (κ1) is 19.4. The van der Waals surface area contributed by atoms with Gasteiger partial charge in [-0.25, -0.2) is 9.59 Å². The minimum atomic E-state index is -1.36. The lowest BCUT2D eigenvalue weighted by Crippen LogP contribution is -2.22. The van der Waals surface area contributed by atoms with Crippen molar-refractivity contribution in [1.82, 2.24) is 0 Å². The first-order valence-electron chi connectivity index (χ1n) is 6.66. The molecule has 0 aromatic rings. The van der Waals surface area contributed by atoms with E-state index in [1.54, 1.807) is 26.7 Å². The average Bonchev–Trinajstić information content (AvgIpc) is 2.37. The maximum atomic E-state index is 11.4. The lowest BCUT2D eigenvalue weighted by molar-refractivity contribution is -0.147. The van der Waals surface area contributed by atoms with Gasteiger partial charge in [-0.3, -0.25) is 9.59 Å². The van der Waals surface area contributed by atoms with Crippen molar-refractivity contribution < 1.29 is 29.0 Å². The maximum Gasteiger partial charge on any atom is 0.385 e. The van der Waals surface area contributed by atoms with Crippen molar-refractivity contribution in [2.24, 2.45) is 0 Å². The number of aliphatic carboxylic acids is 1. The summed E-state index contributed by atoms with van der Waals surface area (Å²) in [7, 11) is 0. The van der Waals surface area contributed by atoms with Crippen molar-refractivity contribution in [2.45, 2.75) is 52.1 Å². The van der Waals surface area contributed by atoms with Crippen LogP contribution in [0.5, 0.6) is 0 Å². The Morgan fingerprint density at radius 1 is 0.864 bits per heavy atom. The molecule has 0 radical (unpaired) electrons. The van der Waals surface area contributed by atoms with E-state index >= 15 is 0 Å². The van der Waals surface area contributed by atoms with Gasteiger partial charge in [-0.05, 0) is 45.5 Å². The molecule has 0 aliphatic heterocycles. The van der Waals surface area contributed by atoms with Gasteiger partial charge in [0.05, 0.1) is 0 Å². The summed E-state index contributed by atoms with van der Waals surface area (Å²) >= 11 is 0. The van der Waals surface area contributed by atoms with Crippen LogP contribution in [-0.4, -0.2) is 34.2 Å². The summed E-state index contributed by atoms with van der Waals surface area (Å²) in [6.07, 6.45) is 0.984. The molecule has 0 fully saturated rings. The summed E-state index contributed by atoms with van der Waals surface area (Å²) < 4.78 is 4.92. The zero-order valence-corrected chi connectivity index (χ0v) is 12.8. The largest absolute Gasteiger partial charge is 0.472 e. The molecule has 0 aliphatic carbocycles. The molecule has 0 aliphatic rings. The second kappa shape index (κ2) is 9.36. The third kappa shape index (κ3) is 12.4. The van der Waals surface area contributed by atoms with E-state index in [2.05, 4.69) is 11.8 Å². The molecule has 0 spiro atoms. The molecule has 22 heavy (non-hydrogen) atoms. The highest BCUT2D eigenvalue weighted by Crippen LogP contribution is 2.06. The molecule has 118 valence electrons. The molecule has 0 aromatic carbocycles. The van der Waals surface area contributed by atoms with Crippen LogP contribution in [0, 0.1) is 23.7 Å².